The van der Waals surface area contributed by atoms with Crippen molar-refractivity contribution in [2.24, 2.45) is 0 Å². The summed E-state index contributed by atoms with van der Waals surface area (Å²) >= 11 is 0. The summed E-state index contributed by atoms with van der Waals surface area (Å²) < 4.78 is 0. The largest absolute Gasteiger partial charge is 0.399 e. The minimum atomic E-state index is 0.225. The van der Waals surface area contributed by atoms with Gasteiger partial charge < -0.3 is 10.6 Å². The van der Waals surface area contributed by atoms with Gasteiger partial charge in [0.1, 0.15) is 0 Å². The first-order valence-electron chi connectivity index (χ1n) is 5.81. The Kier molecular flexibility index (Phi) is 2.80. The molecule has 0 spiro atoms. The molecule has 2 rings (SSSR count). The molecule has 0 bridgehead atoms. The number of nitrogens with two attached hydrogens (primary N) is 1. The maximum Gasteiger partial charge on any atom is 0.0387 e. The Labute approximate surface area is 97.8 Å². The summed E-state index contributed by atoms with van der Waals surface area (Å²) in [5, 5.41) is 0. The van der Waals surface area contributed by atoms with Crippen LogP contribution in [0, 0.1) is 0 Å². The normalized spacial score (nSPS) is 21.1. The van der Waals surface area contributed by atoms with Crippen LogP contribution in [-0.4, -0.2) is 37.1 Å². The number of hydrogen-bond acceptors (Lipinski definition) is 3. The van der Waals surface area contributed by atoms with E-state index in [4.69, 9.17) is 5.73 Å². The molecule has 1 heterocycles. The van der Waals surface area contributed by atoms with Crippen LogP contribution < -0.4 is 10.6 Å². The van der Waals surface area contributed by atoms with Crippen LogP contribution in [0.3, 0.4) is 0 Å². The summed E-state index contributed by atoms with van der Waals surface area (Å²) in [5.41, 5.74) is 8.13. The molecule has 88 valence electrons. The third kappa shape index (κ3) is 2.14. The zero-order valence-electron chi connectivity index (χ0n) is 10.4. The van der Waals surface area contributed by atoms with E-state index >= 15 is 0 Å². The molecule has 1 aliphatic heterocycles. The van der Waals surface area contributed by atoms with Gasteiger partial charge in [0.25, 0.3) is 0 Å². The highest BCUT2D eigenvalue weighted by Crippen LogP contribution is 2.25. The molecule has 0 atom stereocenters. The van der Waals surface area contributed by atoms with Crippen molar-refractivity contribution < 1.29 is 0 Å². The van der Waals surface area contributed by atoms with Crippen molar-refractivity contribution in [2.75, 3.05) is 37.3 Å². The lowest BCUT2D eigenvalue weighted by molar-refractivity contribution is 0.139. The SMILES string of the molecule is CN1CCN(c2cccc(N)c2)CC1(C)C. The lowest BCUT2D eigenvalue weighted by Crippen LogP contribution is -2.57. The number of likely N-dealkylation sites (N-methyl/N-ethyl adjacent to an activating group) is 1. The second kappa shape index (κ2) is 3.98. The summed E-state index contributed by atoms with van der Waals surface area (Å²) in [4.78, 5) is 4.83. The fourth-order valence-corrected chi connectivity index (χ4v) is 2.18. The van der Waals surface area contributed by atoms with Crippen LogP contribution in [-0.2, 0) is 0 Å². The van der Waals surface area contributed by atoms with E-state index in [1.165, 1.54) is 5.69 Å². The molecule has 1 saturated heterocycles. The third-order valence-electron chi connectivity index (χ3n) is 3.55. The lowest BCUT2D eigenvalue weighted by Gasteiger charge is -2.46. The molecule has 0 radical (unpaired) electrons. The highest BCUT2D eigenvalue weighted by molar-refractivity contribution is 5.56. The van der Waals surface area contributed by atoms with Gasteiger partial charge >= 0.3 is 0 Å². The van der Waals surface area contributed by atoms with Crippen molar-refractivity contribution in [3.05, 3.63) is 24.3 Å². The zero-order chi connectivity index (χ0) is 11.8. The number of anilines is 2. The van der Waals surface area contributed by atoms with Gasteiger partial charge in [0, 0.05) is 36.5 Å². The molecule has 1 aromatic carbocycles. The number of piperazine rings is 1. The minimum Gasteiger partial charge on any atom is -0.399 e. The standard InChI is InChI=1S/C13H21N3/c1-13(2)10-16(8-7-15(13)3)12-6-4-5-11(14)9-12/h4-6,9H,7-8,10,14H2,1-3H3. The van der Waals surface area contributed by atoms with Gasteiger partial charge in [0.05, 0.1) is 0 Å². The molecule has 0 amide bonds. The van der Waals surface area contributed by atoms with Gasteiger partial charge in [-0.25, -0.2) is 0 Å². The topological polar surface area (TPSA) is 32.5 Å². The molecule has 0 aliphatic carbocycles. The Bertz CT molecular complexity index is 373. The van der Waals surface area contributed by atoms with Crippen molar-refractivity contribution in [3.63, 3.8) is 0 Å². The molecular weight excluding hydrogens is 198 g/mol. The van der Waals surface area contributed by atoms with E-state index in [2.05, 4.69) is 42.8 Å². The van der Waals surface area contributed by atoms with Crippen molar-refractivity contribution in [3.8, 4) is 0 Å². The first kappa shape index (κ1) is 11.3. The van der Waals surface area contributed by atoms with E-state index in [1.54, 1.807) is 0 Å². The number of nitrogen functional groups attached to an aromatic ring is 1. The number of benzene rings is 1. The number of rotatable bonds is 1. The monoisotopic (exact) mass is 219 g/mol. The molecule has 3 heteroatoms. The van der Waals surface area contributed by atoms with Gasteiger partial charge in [0.15, 0.2) is 0 Å². The van der Waals surface area contributed by atoms with Gasteiger partial charge in [0.2, 0.25) is 0 Å². The summed E-state index contributed by atoms with van der Waals surface area (Å²) in [6.45, 7) is 7.79. The maximum absolute atomic E-state index is 5.82. The van der Waals surface area contributed by atoms with E-state index in [0.29, 0.717) is 0 Å². The Morgan fingerprint density at radius 2 is 2.00 bits per heavy atom. The average molecular weight is 219 g/mol. The van der Waals surface area contributed by atoms with Crippen LogP contribution in [0.4, 0.5) is 11.4 Å². The van der Waals surface area contributed by atoms with Crippen LogP contribution in [0.1, 0.15) is 13.8 Å². The molecule has 0 aromatic heterocycles. The van der Waals surface area contributed by atoms with E-state index < -0.39 is 0 Å². The summed E-state index contributed by atoms with van der Waals surface area (Å²) in [7, 11) is 2.19. The van der Waals surface area contributed by atoms with Gasteiger partial charge in [-0.05, 0) is 39.1 Å². The summed E-state index contributed by atoms with van der Waals surface area (Å²) in [5.74, 6) is 0. The Balaban J connectivity index is 2.18. The van der Waals surface area contributed by atoms with E-state index in [9.17, 15) is 0 Å². The fourth-order valence-electron chi connectivity index (χ4n) is 2.18. The predicted molar refractivity (Wildman–Crippen MR) is 69.8 cm³/mol. The van der Waals surface area contributed by atoms with E-state index in [0.717, 1.165) is 25.3 Å². The quantitative estimate of drug-likeness (QED) is 0.731. The second-order valence-electron chi connectivity index (χ2n) is 5.25. The molecule has 0 saturated carbocycles. The van der Waals surface area contributed by atoms with Crippen LogP contribution in [0.5, 0.6) is 0 Å². The highest BCUT2D eigenvalue weighted by Gasteiger charge is 2.30. The zero-order valence-corrected chi connectivity index (χ0v) is 10.4. The van der Waals surface area contributed by atoms with E-state index in [1.807, 2.05) is 12.1 Å². The summed E-state index contributed by atoms with van der Waals surface area (Å²) in [6.07, 6.45) is 0. The molecule has 16 heavy (non-hydrogen) atoms. The molecule has 1 aliphatic rings. The Morgan fingerprint density at radius 3 is 2.62 bits per heavy atom. The third-order valence-corrected chi connectivity index (χ3v) is 3.55. The summed E-state index contributed by atoms with van der Waals surface area (Å²) in [6, 6.07) is 8.15. The average Bonchev–Trinajstić information content (AvgIpc) is 2.22. The van der Waals surface area contributed by atoms with Gasteiger partial charge in [-0.3, -0.25) is 4.90 Å². The lowest BCUT2D eigenvalue weighted by atomic mass is 9.99. The fraction of sp³-hybridized carbons (Fsp3) is 0.538. The molecule has 2 N–H and O–H groups in total. The van der Waals surface area contributed by atoms with Crippen LogP contribution in [0.25, 0.3) is 0 Å². The van der Waals surface area contributed by atoms with Gasteiger partial charge in [-0.2, -0.15) is 0 Å². The molecular formula is C13H21N3. The van der Waals surface area contributed by atoms with Crippen molar-refractivity contribution in [1.82, 2.24) is 4.90 Å². The molecule has 1 fully saturated rings. The molecule has 3 nitrogen and oxygen atoms in total. The van der Waals surface area contributed by atoms with Gasteiger partial charge in [-0.15, -0.1) is 0 Å². The van der Waals surface area contributed by atoms with Crippen molar-refractivity contribution >= 4 is 11.4 Å². The first-order valence-corrected chi connectivity index (χ1v) is 5.81. The van der Waals surface area contributed by atoms with Crippen LogP contribution in [0.15, 0.2) is 24.3 Å². The van der Waals surface area contributed by atoms with Crippen LogP contribution in [0.2, 0.25) is 0 Å². The Hall–Kier alpha value is -1.22. The van der Waals surface area contributed by atoms with Gasteiger partial charge in [-0.1, -0.05) is 6.07 Å². The minimum absolute atomic E-state index is 0.225. The first-order chi connectivity index (χ1) is 7.49. The Morgan fingerprint density at radius 1 is 1.25 bits per heavy atom. The smallest absolute Gasteiger partial charge is 0.0387 e. The predicted octanol–water partition coefficient (Wildman–Crippen LogP) is 1.80. The second-order valence-corrected chi connectivity index (χ2v) is 5.25. The van der Waals surface area contributed by atoms with Crippen molar-refractivity contribution in [1.29, 1.82) is 0 Å². The highest BCUT2D eigenvalue weighted by atomic mass is 15.3. The maximum atomic E-state index is 5.82. The molecule has 0 unspecified atom stereocenters. The number of nitrogens with zero attached hydrogens (tertiary/aromatic N) is 2. The molecule has 1 aromatic rings. The van der Waals surface area contributed by atoms with E-state index in [-0.39, 0.29) is 5.54 Å². The number of hydrogen-bond donors (Lipinski definition) is 1. The van der Waals surface area contributed by atoms with Crippen molar-refractivity contribution in [2.45, 2.75) is 19.4 Å². The van der Waals surface area contributed by atoms with Crippen LogP contribution >= 0.6 is 0 Å².